The highest BCUT2D eigenvalue weighted by atomic mass is 31.0. The molecule has 1 aromatic heterocycles. The standard InChI is InChI=1S/CH3N2OP/c4-1-2-3-5-1/h3,5H,(H,2,4). The van der Waals surface area contributed by atoms with Gasteiger partial charge in [0.1, 0.15) is 0 Å². The van der Waals surface area contributed by atoms with E-state index in [1.54, 1.807) is 0 Å². The Morgan fingerprint density at radius 2 is 2.20 bits per heavy atom. The van der Waals surface area contributed by atoms with Crippen molar-refractivity contribution in [1.29, 1.82) is 0 Å². The molecule has 1 aromatic rings. The highest BCUT2D eigenvalue weighted by molar-refractivity contribution is 7.24. The third-order valence-corrected chi connectivity index (χ3v) is 0.954. The summed E-state index contributed by atoms with van der Waals surface area (Å²) in [5.74, 6) is 0. The van der Waals surface area contributed by atoms with E-state index in [2.05, 4.69) is 9.96 Å². The predicted octanol–water partition coefficient (Wildman–Crippen LogP) is -0.266. The van der Waals surface area contributed by atoms with Gasteiger partial charge in [0.2, 0.25) is 0 Å². The Balaban J connectivity index is 3.29. The average Bonchev–Trinajstić information content (AvgIpc) is 1.30. The van der Waals surface area contributed by atoms with E-state index in [1.165, 1.54) is 0 Å². The van der Waals surface area contributed by atoms with Crippen LogP contribution in [-0.4, -0.2) is 9.96 Å². The Morgan fingerprint density at radius 3 is 2.20 bits per heavy atom. The van der Waals surface area contributed by atoms with Gasteiger partial charge in [0, 0.05) is 8.35 Å². The molecule has 0 fully saturated rings. The van der Waals surface area contributed by atoms with E-state index in [9.17, 15) is 4.79 Å². The average molecular weight is 90.0 g/mol. The van der Waals surface area contributed by atoms with E-state index in [4.69, 9.17) is 0 Å². The largest absolute Gasteiger partial charge is 0.294 e. The van der Waals surface area contributed by atoms with Crippen molar-refractivity contribution in [3.63, 3.8) is 0 Å². The number of hydrogen-bond acceptors (Lipinski definition) is 1. The van der Waals surface area contributed by atoms with Crippen molar-refractivity contribution in [3.05, 3.63) is 10.1 Å². The van der Waals surface area contributed by atoms with Crippen LogP contribution in [0.2, 0.25) is 0 Å². The van der Waals surface area contributed by atoms with Crippen molar-refractivity contribution in [2.75, 3.05) is 0 Å². The molecule has 0 saturated carbocycles. The minimum absolute atomic E-state index is 0.102. The fourth-order valence-electron chi connectivity index (χ4n) is 0.114. The van der Waals surface area contributed by atoms with E-state index < -0.39 is 0 Å². The number of aromatic nitrogens is 2. The zero-order valence-electron chi connectivity index (χ0n) is 2.41. The summed E-state index contributed by atoms with van der Waals surface area (Å²) in [4.78, 5) is 12.3. The maximum Gasteiger partial charge on any atom is 0.294 e. The van der Waals surface area contributed by atoms with Gasteiger partial charge in [-0.25, -0.2) is 0 Å². The Kier molecular flexibility index (Phi) is 0.424. The lowest BCUT2D eigenvalue weighted by Crippen LogP contribution is -2.03. The molecule has 28 valence electrons. The third-order valence-electron chi connectivity index (χ3n) is 0.352. The van der Waals surface area contributed by atoms with Gasteiger partial charge in [-0.2, -0.15) is 0 Å². The summed E-state index contributed by atoms with van der Waals surface area (Å²) < 4.78 is 0. The van der Waals surface area contributed by atoms with E-state index in [0.29, 0.717) is 8.35 Å². The van der Waals surface area contributed by atoms with Gasteiger partial charge in [-0.05, 0) is 0 Å². The molecule has 2 N–H and O–H groups in total. The molecule has 4 heteroatoms. The maximum atomic E-state index is 9.74. The normalized spacial score (nSPS) is 10.4. The summed E-state index contributed by atoms with van der Waals surface area (Å²) >= 11 is 0. The van der Waals surface area contributed by atoms with Crippen LogP contribution in [-0.2, 0) is 0 Å². The van der Waals surface area contributed by atoms with Crippen LogP contribution < -0.4 is 5.29 Å². The van der Waals surface area contributed by atoms with Gasteiger partial charge >= 0.3 is 0 Å². The van der Waals surface area contributed by atoms with E-state index in [-0.39, 0.29) is 5.29 Å². The molecule has 0 aliphatic rings. The molecule has 0 saturated heterocycles. The van der Waals surface area contributed by atoms with Crippen molar-refractivity contribution in [3.8, 4) is 0 Å². The highest BCUT2D eigenvalue weighted by Crippen LogP contribution is 1.75. The number of aromatic amines is 2. The fraction of sp³-hybridized carbons (Fsp3) is 0. The first-order valence-corrected chi connectivity index (χ1v) is 2.20. The number of rotatable bonds is 0. The van der Waals surface area contributed by atoms with Gasteiger partial charge in [0.05, 0.1) is 0 Å². The summed E-state index contributed by atoms with van der Waals surface area (Å²) in [6.07, 6.45) is 0. The second-order valence-corrected chi connectivity index (χ2v) is 1.66. The van der Waals surface area contributed by atoms with Crippen LogP contribution in [0, 0.1) is 0 Å². The molecule has 0 aliphatic heterocycles. The lowest BCUT2D eigenvalue weighted by molar-refractivity contribution is 1.07. The Bertz CT molecular complexity index is 124. The molecule has 0 bridgehead atoms. The van der Waals surface area contributed by atoms with Crippen molar-refractivity contribution in [1.82, 2.24) is 9.96 Å². The number of nitrogens with one attached hydrogen (secondary N) is 2. The third kappa shape index (κ3) is 0.284. The Labute approximate surface area is 29.5 Å². The first kappa shape index (κ1) is 2.79. The molecule has 5 heavy (non-hydrogen) atoms. The first-order valence-electron chi connectivity index (χ1n) is 1.20. The summed E-state index contributed by atoms with van der Waals surface area (Å²) in [5.41, 5.74) is 0. The van der Waals surface area contributed by atoms with Crippen molar-refractivity contribution < 1.29 is 0 Å². The molecule has 3 nitrogen and oxygen atoms in total. The fourth-order valence-corrected chi connectivity index (χ4v) is 0.341. The van der Waals surface area contributed by atoms with Crippen LogP contribution in [0.3, 0.4) is 0 Å². The topological polar surface area (TPSA) is 48.6 Å². The summed E-state index contributed by atoms with van der Waals surface area (Å²) in [6, 6.07) is 0. The van der Waals surface area contributed by atoms with Crippen LogP contribution in [0.1, 0.15) is 0 Å². The number of hydrogen-bond donors (Lipinski definition) is 2. The van der Waals surface area contributed by atoms with Gasteiger partial charge < -0.3 is 0 Å². The first-order chi connectivity index (χ1) is 2.39. The van der Waals surface area contributed by atoms with Crippen LogP contribution in [0.5, 0.6) is 0 Å². The van der Waals surface area contributed by atoms with Gasteiger partial charge in [-0.3, -0.25) is 14.8 Å². The van der Waals surface area contributed by atoms with Gasteiger partial charge in [0.25, 0.3) is 5.29 Å². The zero-order chi connectivity index (χ0) is 3.70. The summed E-state index contributed by atoms with van der Waals surface area (Å²) in [6.45, 7) is 0. The maximum absolute atomic E-state index is 9.74. The van der Waals surface area contributed by atoms with Gasteiger partial charge in [0.15, 0.2) is 0 Å². The molecular formula is CH3N2OP. The van der Waals surface area contributed by atoms with Crippen molar-refractivity contribution >= 4 is 8.35 Å². The van der Waals surface area contributed by atoms with Crippen LogP contribution in [0.4, 0.5) is 0 Å². The highest BCUT2D eigenvalue weighted by Gasteiger charge is 1.71. The lowest BCUT2D eigenvalue weighted by atomic mass is 11.5. The molecule has 0 aliphatic carbocycles. The molecule has 1 atom stereocenters. The molecule has 1 heterocycles. The molecule has 0 aromatic carbocycles. The van der Waals surface area contributed by atoms with E-state index in [0.717, 1.165) is 0 Å². The lowest BCUT2D eigenvalue weighted by Gasteiger charge is -1.78. The second-order valence-electron chi connectivity index (χ2n) is 0.704. The zero-order valence-corrected chi connectivity index (χ0v) is 3.41. The minimum atomic E-state index is 0.102. The number of H-pyrrole nitrogens is 2. The van der Waals surface area contributed by atoms with E-state index >= 15 is 0 Å². The van der Waals surface area contributed by atoms with Crippen LogP contribution >= 0.6 is 8.35 Å². The second kappa shape index (κ2) is 0.760. The van der Waals surface area contributed by atoms with Crippen LogP contribution in [0.25, 0.3) is 0 Å². The monoisotopic (exact) mass is 90.0 g/mol. The smallest absolute Gasteiger partial charge is 0.287 e. The Morgan fingerprint density at radius 1 is 1.80 bits per heavy atom. The predicted molar refractivity (Wildman–Crippen MR) is 20.9 cm³/mol. The molecular weight excluding hydrogens is 87.0 g/mol. The molecule has 0 radical (unpaired) electrons. The Hall–Kier alpha value is -0.430. The summed E-state index contributed by atoms with van der Waals surface area (Å²) in [5, 5.41) is 2.43. The van der Waals surface area contributed by atoms with Gasteiger partial charge in [-0.1, -0.05) is 0 Å². The van der Waals surface area contributed by atoms with Crippen molar-refractivity contribution in [2.24, 2.45) is 0 Å². The minimum Gasteiger partial charge on any atom is -0.287 e. The van der Waals surface area contributed by atoms with Crippen LogP contribution in [0.15, 0.2) is 4.79 Å². The summed E-state index contributed by atoms with van der Waals surface area (Å²) in [7, 11) is 0.295. The van der Waals surface area contributed by atoms with Gasteiger partial charge in [-0.15, -0.1) is 0 Å². The molecule has 1 unspecified atom stereocenters. The molecule has 0 amide bonds. The van der Waals surface area contributed by atoms with Crippen molar-refractivity contribution in [2.45, 2.75) is 0 Å². The van der Waals surface area contributed by atoms with E-state index in [1.807, 2.05) is 0 Å². The SMILES string of the molecule is O=c1[nH][nH][pH]1. The molecule has 1 rings (SSSR count). The molecule has 0 spiro atoms. The quantitative estimate of drug-likeness (QED) is 0.452.